The maximum Gasteiger partial charge on any atom is 0.311 e. The summed E-state index contributed by atoms with van der Waals surface area (Å²) < 4.78 is 5.70. The molecule has 1 fully saturated rings. The molecule has 5 heteroatoms. The second-order valence-corrected chi connectivity index (χ2v) is 5.14. The number of para-hydroxylation sites is 1. The number of hydrogen-bond donors (Lipinski definition) is 0. The van der Waals surface area contributed by atoms with Gasteiger partial charge in [-0.1, -0.05) is 12.1 Å². The van der Waals surface area contributed by atoms with Gasteiger partial charge < -0.3 is 4.74 Å². The van der Waals surface area contributed by atoms with E-state index in [2.05, 4.69) is 0 Å². The Bertz CT molecular complexity index is 522. The van der Waals surface area contributed by atoms with Gasteiger partial charge in [-0.15, -0.1) is 0 Å². The smallest absolute Gasteiger partial charge is 0.311 e. The summed E-state index contributed by atoms with van der Waals surface area (Å²) >= 11 is 0. The third kappa shape index (κ3) is 1.85. The zero-order valence-electron chi connectivity index (χ0n) is 10.6. The molecule has 1 saturated carbocycles. The maximum atomic E-state index is 11.4. The van der Waals surface area contributed by atoms with Crippen molar-refractivity contribution in [1.29, 1.82) is 0 Å². The molecular weight excluding hydrogens is 234 g/mol. The van der Waals surface area contributed by atoms with Gasteiger partial charge in [-0.3, -0.25) is 14.9 Å². The van der Waals surface area contributed by atoms with Crippen molar-refractivity contribution in [3.63, 3.8) is 0 Å². The van der Waals surface area contributed by atoms with Gasteiger partial charge in [0.05, 0.1) is 10.3 Å². The number of carbonyl (C=O) groups excluding carboxylic acids is 1. The Balaban J connectivity index is 2.30. The standard InChI is InChI=1S/C13H15NO4/c1-8-5-4-6-9(14(16)17)12(8)18-11-7-10(15)13(11,2)3/h4-6,11H,7H2,1-3H3. The lowest BCUT2D eigenvalue weighted by atomic mass is 9.68. The lowest BCUT2D eigenvalue weighted by Gasteiger charge is -2.41. The molecule has 0 radical (unpaired) electrons. The molecule has 1 aromatic carbocycles. The highest BCUT2D eigenvalue weighted by Crippen LogP contribution is 2.42. The fourth-order valence-electron chi connectivity index (χ4n) is 2.00. The molecule has 2 rings (SSSR count). The van der Waals surface area contributed by atoms with Gasteiger partial charge >= 0.3 is 5.69 Å². The Labute approximate surface area is 105 Å². The maximum absolute atomic E-state index is 11.4. The van der Waals surface area contributed by atoms with Crippen molar-refractivity contribution in [3.8, 4) is 5.75 Å². The Kier molecular flexibility index (Phi) is 2.84. The SMILES string of the molecule is Cc1cccc([N+](=O)[O-])c1OC1CC(=O)C1(C)C. The molecule has 0 N–H and O–H groups in total. The molecule has 1 aliphatic carbocycles. The zero-order valence-corrected chi connectivity index (χ0v) is 10.6. The second-order valence-electron chi connectivity index (χ2n) is 5.14. The fraction of sp³-hybridized carbons (Fsp3) is 0.462. The number of ether oxygens (including phenoxy) is 1. The fourth-order valence-corrected chi connectivity index (χ4v) is 2.00. The van der Waals surface area contributed by atoms with Crippen LogP contribution in [0.1, 0.15) is 25.8 Å². The first-order chi connectivity index (χ1) is 8.34. The van der Waals surface area contributed by atoms with Crippen LogP contribution in [0.25, 0.3) is 0 Å². The molecule has 0 saturated heterocycles. The van der Waals surface area contributed by atoms with Crippen LogP contribution in [-0.4, -0.2) is 16.8 Å². The van der Waals surface area contributed by atoms with Crippen LogP contribution in [0, 0.1) is 22.5 Å². The van der Waals surface area contributed by atoms with E-state index in [1.807, 2.05) is 0 Å². The molecule has 0 bridgehead atoms. The van der Waals surface area contributed by atoms with Gasteiger partial charge in [-0.25, -0.2) is 0 Å². The molecule has 1 aliphatic rings. The topological polar surface area (TPSA) is 69.4 Å². The van der Waals surface area contributed by atoms with E-state index in [0.29, 0.717) is 12.0 Å². The molecule has 1 atom stereocenters. The Morgan fingerprint density at radius 3 is 2.61 bits per heavy atom. The van der Waals surface area contributed by atoms with Crippen molar-refractivity contribution < 1.29 is 14.5 Å². The first kappa shape index (κ1) is 12.5. The summed E-state index contributed by atoms with van der Waals surface area (Å²) in [7, 11) is 0. The van der Waals surface area contributed by atoms with Crippen LogP contribution in [0.2, 0.25) is 0 Å². The highest BCUT2D eigenvalue weighted by atomic mass is 16.6. The predicted octanol–water partition coefficient (Wildman–Crippen LogP) is 2.65. The van der Waals surface area contributed by atoms with E-state index in [9.17, 15) is 14.9 Å². The van der Waals surface area contributed by atoms with E-state index in [1.54, 1.807) is 32.9 Å². The van der Waals surface area contributed by atoms with Gasteiger partial charge in [0.1, 0.15) is 11.9 Å². The molecule has 0 heterocycles. The van der Waals surface area contributed by atoms with Crippen LogP contribution < -0.4 is 4.74 Å². The molecule has 0 spiro atoms. The lowest BCUT2D eigenvalue weighted by Crippen LogP contribution is -2.53. The van der Waals surface area contributed by atoms with Gasteiger partial charge in [-0.2, -0.15) is 0 Å². The quantitative estimate of drug-likeness (QED) is 0.610. The largest absolute Gasteiger partial charge is 0.482 e. The van der Waals surface area contributed by atoms with E-state index in [0.717, 1.165) is 0 Å². The van der Waals surface area contributed by atoms with Crippen LogP contribution in [0.4, 0.5) is 5.69 Å². The number of hydrogen-bond acceptors (Lipinski definition) is 4. The van der Waals surface area contributed by atoms with Crippen LogP contribution in [-0.2, 0) is 4.79 Å². The van der Waals surface area contributed by atoms with E-state index in [4.69, 9.17) is 4.74 Å². The van der Waals surface area contributed by atoms with Crippen LogP contribution in [0.3, 0.4) is 0 Å². The van der Waals surface area contributed by atoms with Gasteiger partial charge in [0.15, 0.2) is 5.75 Å². The summed E-state index contributed by atoms with van der Waals surface area (Å²) in [5.41, 5.74) is 0.0976. The minimum atomic E-state index is -0.559. The Morgan fingerprint density at radius 1 is 1.44 bits per heavy atom. The van der Waals surface area contributed by atoms with Crippen LogP contribution in [0.15, 0.2) is 18.2 Å². The minimum absolute atomic E-state index is 0.0508. The summed E-state index contributed by atoms with van der Waals surface area (Å²) in [5, 5.41) is 10.9. The van der Waals surface area contributed by atoms with E-state index >= 15 is 0 Å². The molecule has 1 aromatic rings. The number of Topliss-reactive ketones (excluding diaryl/α,β-unsaturated/α-hetero) is 1. The van der Waals surface area contributed by atoms with E-state index in [-0.39, 0.29) is 23.3 Å². The van der Waals surface area contributed by atoms with Crippen molar-refractivity contribution in [1.82, 2.24) is 0 Å². The molecule has 18 heavy (non-hydrogen) atoms. The number of nitrogens with zero attached hydrogens (tertiary/aromatic N) is 1. The summed E-state index contributed by atoms with van der Waals surface area (Å²) in [6.07, 6.45) is 0.0307. The van der Waals surface area contributed by atoms with E-state index in [1.165, 1.54) is 6.07 Å². The molecular formula is C13H15NO4. The minimum Gasteiger partial charge on any atom is -0.482 e. The van der Waals surface area contributed by atoms with Crippen molar-refractivity contribution >= 4 is 11.5 Å². The summed E-state index contributed by atoms with van der Waals surface area (Å²) in [6, 6.07) is 4.79. The molecule has 0 amide bonds. The molecule has 0 aliphatic heterocycles. The average Bonchev–Trinajstić information content (AvgIpc) is 2.30. The van der Waals surface area contributed by atoms with Crippen molar-refractivity contribution in [3.05, 3.63) is 33.9 Å². The lowest BCUT2D eigenvalue weighted by molar-refractivity contribution is -0.386. The number of nitro benzene ring substituents is 1. The third-order valence-electron chi connectivity index (χ3n) is 3.54. The van der Waals surface area contributed by atoms with E-state index < -0.39 is 10.3 Å². The highest BCUT2D eigenvalue weighted by Gasteiger charge is 2.49. The monoisotopic (exact) mass is 249 g/mol. The molecule has 5 nitrogen and oxygen atoms in total. The van der Waals surface area contributed by atoms with Crippen LogP contribution in [0.5, 0.6) is 5.75 Å². The normalized spacial score (nSPS) is 21.3. The van der Waals surface area contributed by atoms with Crippen molar-refractivity contribution in [2.75, 3.05) is 0 Å². The first-order valence-electron chi connectivity index (χ1n) is 5.78. The number of nitro groups is 1. The predicted molar refractivity (Wildman–Crippen MR) is 65.7 cm³/mol. The van der Waals surface area contributed by atoms with Gasteiger partial charge in [0, 0.05) is 12.5 Å². The second kappa shape index (κ2) is 4.08. The first-order valence-corrected chi connectivity index (χ1v) is 5.78. The highest BCUT2D eigenvalue weighted by molar-refractivity contribution is 5.91. The van der Waals surface area contributed by atoms with Crippen molar-refractivity contribution in [2.45, 2.75) is 33.3 Å². The van der Waals surface area contributed by atoms with Crippen molar-refractivity contribution in [2.24, 2.45) is 5.41 Å². The summed E-state index contributed by atoms with van der Waals surface area (Å²) in [6.45, 7) is 5.36. The number of benzene rings is 1. The Morgan fingerprint density at radius 2 is 2.11 bits per heavy atom. The number of ketones is 1. The average molecular weight is 249 g/mol. The van der Waals surface area contributed by atoms with Gasteiger partial charge in [-0.05, 0) is 26.3 Å². The number of rotatable bonds is 3. The molecule has 0 aromatic heterocycles. The Hall–Kier alpha value is -1.91. The summed E-state index contributed by atoms with van der Waals surface area (Å²) in [5.74, 6) is 0.400. The summed E-state index contributed by atoms with van der Waals surface area (Å²) in [4.78, 5) is 21.9. The number of aryl methyl sites for hydroxylation is 1. The number of carbonyl (C=O) groups is 1. The zero-order chi connectivity index (χ0) is 13.5. The van der Waals surface area contributed by atoms with Crippen LogP contribution >= 0.6 is 0 Å². The van der Waals surface area contributed by atoms with Gasteiger partial charge in [0.25, 0.3) is 0 Å². The molecule has 96 valence electrons. The third-order valence-corrected chi connectivity index (χ3v) is 3.54. The van der Waals surface area contributed by atoms with Gasteiger partial charge in [0.2, 0.25) is 0 Å². The molecule has 1 unspecified atom stereocenters.